The molecule has 0 saturated heterocycles. The van der Waals surface area contributed by atoms with E-state index in [4.69, 9.17) is 5.11 Å². The Hall–Kier alpha value is -1.32. The van der Waals surface area contributed by atoms with Gasteiger partial charge in [-0.15, -0.1) is 0 Å². The van der Waals surface area contributed by atoms with Crippen molar-refractivity contribution in [2.45, 2.75) is 46.6 Å². The van der Waals surface area contributed by atoms with E-state index in [1.54, 1.807) is 6.92 Å². The van der Waals surface area contributed by atoms with Crippen LogP contribution in [-0.4, -0.2) is 23.0 Å². The maximum absolute atomic E-state index is 11.5. The first-order valence-corrected chi connectivity index (χ1v) is 5.39. The highest BCUT2D eigenvalue weighted by atomic mass is 16.4. The summed E-state index contributed by atoms with van der Waals surface area (Å²) in [7, 11) is 0. The van der Waals surface area contributed by atoms with Gasteiger partial charge in [-0.05, 0) is 18.8 Å². The zero-order chi connectivity index (χ0) is 12.9. The third-order valence-corrected chi connectivity index (χ3v) is 2.65. The molecule has 1 amide bonds. The molecule has 0 rings (SSSR count). The summed E-state index contributed by atoms with van der Waals surface area (Å²) in [6.07, 6.45) is 0.723. The fourth-order valence-corrected chi connectivity index (χ4v) is 1.64. The first kappa shape index (κ1) is 14.7. The fraction of sp³-hybridized carbons (Fsp3) is 0.667. The largest absolute Gasteiger partial charge is 0.481 e. The molecule has 1 unspecified atom stereocenters. The second-order valence-electron chi connectivity index (χ2n) is 4.77. The van der Waals surface area contributed by atoms with Gasteiger partial charge in [0.05, 0.1) is 6.42 Å². The summed E-state index contributed by atoms with van der Waals surface area (Å²) in [5.41, 5.74) is -0.0318. The van der Waals surface area contributed by atoms with Gasteiger partial charge >= 0.3 is 5.97 Å². The van der Waals surface area contributed by atoms with Crippen molar-refractivity contribution in [1.82, 2.24) is 5.32 Å². The molecular formula is C12H21NO3. The van der Waals surface area contributed by atoms with Gasteiger partial charge in [0.25, 0.3) is 0 Å². The van der Waals surface area contributed by atoms with Crippen molar-refractivity contribution in [2.75, 3.05) is 0 Å². The number of carbonyl (C=O) groups is 2. The van der Waals surface area contributed by atoms with E-state index < -0.39 is 11.4 Å². The number of aliphatic carboxylic acids is 1. The molecule has 4 heteroatoms. The van der Waals surface area contributed by atoms with Crippen LogP contribution in [0.3, 0.4) is 0 Å². The predicted molar refractivity (Wildman–Crippen MR) is 63.1 cm³/mol. The first-order valence-electron chi connectivity index (χ1n) is 5.39. The van der Waals surface area contributed by atoms with E-state index in [1.165, 1.54) is 0 Å². The van der Waals surface area contributed by atoms with E-state index in [-0.39, 0.29) is 18.4 Å². The molecule has 4 nitrogen and oxygen atoms in total. The molecule has 0 aliphatic rings. The lowest BCUT2D eigenvalue weighted by molar-refractivity contribution is -0.140. The Morgan fingerprint density at radius 2 is 1.94 bits per heavy atom. The predicted octanol–water partition coefficient (Wildman–Crippen LogP) is 1.96. The number of carboxylic acid groups (broad SMARTS) is 1. The van der Waals surface area contributed by atoms with Gasteiger partial charge in [-0.25, -0.2) is 0 Å². The van der Waals surface area contributed by atoms with Gasteiger partial charge in [0, 0.05) is 11.6 Å². The van der Waals surface area contributed by atoms with Gasteiger partial charge in [-0.3, -0.25) is 9.59 Å². The Kier molecular flexibility index (Phi) is 5.21. The van der Waals surface area contributed by atoms with Gasteiger partial charge in [0.1, 0.15) is 0 Å². The van der Waals surface area contributed by atoms with E-state index >= 15 is 0 Å². The van der Waals surface area contributed by atoms with Gasteiger partial charge in [0.15, 0.2) is 0 Å². The van der Waals surface area contributed by atoms with Crippen LogP contribution in [-0.2, 0) is 9.59 Å². The highest BCUT2D eigenvalue weighted by Gasteiger charge is 2.31. The Labute approximate surface area is 96.7 Å². The number of carboxylic acids is 1. The lowest BCUT2D eigenvalue weighted by Gasteiger charge is -2.33. The molecule has 0 heterocycles. The van der Waals surface area contributed by atoms with Crippen molar-refractivity contribution in [3.05, 3.63) is 12.2 Å². The molecule has 0 saturated carbocycles. The first-order chi connectivity index (χ1) is 7.20. The van der Waals surface area contributed by atoms with Crippen molar-refractivity contribution in [3.8, 4) is 0 Å². The minimum absolute atomic E-state index is 0.0297. The molecule has 0 aliphatic heterocycles. The Morgan fingerprint density at radius 1 is 1.44 bits per heavy atom. The molecule has 0 aliphatic carbocycles. The van der Waals surface area contributed by atoms with Crippen molar-refractivity contribution < 1.29 is 14.7 Å². The zero-order valence-corrected chi connectivity index (χ0v) is 10.5. The molecule has 0 aromatic carbocycles. The van der Waals surface area contributed by atoms with Crippen LogP contribution in [0.5, 0.6) is 0 Å². The molecule has 16 heavy (non-hydrogen) atoms. The third-order valence-electron chi connectivity index (χ3n) is 2.65. The Bertz CT molecular complexity index is 295. The van der Waals surface area contributed by atoms with Gasteiger partial charge < -0.3 is 10.4 Å². The van der Waals surface area contributed by atoms with Crippen LogP contribution in [0.15, 0.2) is 12.2 Å². The monoisotopic (exact) mass is 227 g/mol. The summed E-state index contributed by atoms with van der Waals surface area (Å²) < 4.78 is 0. The summed E-state index contributed by atoms with van der Waals surface area (Å²) in [5.74, 6) is -1.07. The van der Waals surface area contributed by atoms with Gasteiger partial charge in [-0.1, -0.05) is 27.4 Å². The number of hydrogen-bond donors (Lipinski definition) is 2. The maximum Gasteiger partial charge on any atom is 0.303 e. The molecular weight excluding hydrogens is 206 g/mol. The van der Waals surface area contributed by atoms with Crippen molar-refractivity contribution in [1.29, 1.82) is 0 Å². The second kappa shape index (κ2) is 5.68. The quantitative estimate of drug-likeness (QED) is 0.682. The topological polar surface area (TPSA) is 66.4 Å². The van der Waals surface area contributed by atoms with E-state index in [0.717, 1.165) is 0 Å². The minimum atomic E-state index is -0.854. The summed E-state index contributed by atoms with van der Waals surface area (Å²) in [6, 6.07) is -0.159. The van der Waals surface area contributed by atoms with Crippen LogP contribution in [0, 0.1) is 5.41 Å². The summed E-state index contributed by atoms with van der Waals surface area (Å²) in [4.78, 5) is 22.2. The smallest absolute Gasteiger partial charge is 0.303 e. The molecule has 0 fully saturated rings. The Balaban J connectivity index is 4.65. The zero-order valence-electron chi connectivity index (χ0n) is 10.5. The van der Waals surface area contributed by atoms with Crippen LogP contribution in [0.1, 0.15) is 40.5 Å². The summed E-state index contributed by atoms with van der Waals surface area (Å²) in [6.45, 7) is 10.8. The highest BCUT2D eigenvalue weighted by molar-refractivity contribution is 5.92. The molecule has 2 N–H and O–H groups in total. The second-order valence-corrected chi connectivity index (χ2v) is 4.77. The van der Waals surface area contributed by atoms with Crippen LogP contribution in [0.2, 0.25) is 0 Å². The van der Waals surface area contributed by atoms with Crippen molar-refractivity contribution >= 4 is 11.9 Å². The van der Waals surface area contributed by atoms with Crippen LogP contribution >= 0.6 is 0 Å². The Morgan fingerprint density at radius 3 is 2.25 bits per heavy atom. The average Bonchev–Trinajstić information content (AvgIpc) is 2.10. The number of nitrogens with one attached hydrogen (secondary N) is 1. The minimum Gasteiger partial charge on any atom is -0.481 e. The van der Waals surface area contributed by atoms with Crippen molar-refractivity contribution in [2.24, 2.45) is 5.41 Å². The molecule has 92 valence electrons. The summed E-state index contributed by atoms with van der Waals surface area (Å²) in [5, 5.41) is 11.6. The molecule has 0 spiro atoms. The van der Waals surface area contributed by atoms with Crippen LogP contribution in [0.25, 0.3) is 0 Å². The average molecular weight is 227 g/mol. The fourth-order valence-electron chi connectivity index (χ4n) is 1.64. The lowest BCUT2D eigenvalue weighted by atomic mass is 9.80. The number of carbonyl (C=O) groups excluding carboxylic acids is 1. The molecule has 0 radical (unpaired) electrons. The molecule has 1 atom stereocenters. The molecule has 0 bridgehead atoms. The van der Waals surface area contributed by atoms with Crippen LogP contribution < -0.4 is 5.32 Å². The van der Waals surface area contributed by atoms with Crippen molar-refractivity contribution in [3.63, 3.8) is 0 Å². The van der Waals surface area contributed by atoms with Gasteiger partial charge in [-0.2, -0.15) is 0 Å². The van der Waals surface area contributed by atoms with E-state index in [0.29, 0.717) is 12.0 Å². The third kappa shape index (κ3) is 4.47. The van der Waals surface area contributed by atoms with E-state index in [2.05, 4.69) is 11.9 Å². The molecule has 0 aromatic heterocycles. The highest BCUT2D eigenvalue weighted by Crippen LogP contribution is 2.27. The number of rotatable bonds is 6. The summed E-state index contributed by atoms with van der Waals surface area (Å²) >= 11 is 0. The van der Waals surface area contributed by atoms with Gasteiger partial charge in [0.2, 0.25) is 5.91 Å². The number of amides is 1. The lowest BCUT2D eigenvalue weighted by Crippen LogP contribution is -2.45. The van der Waals surface area contributed by atoms with E-state index in [1.807, 2.05) is 20.8 Å². The molecule has 0 aromatic rings. The number of hydrogen-bond acceptors (Lipinski definition) is 2. The van der Waals surface area contributed by atoms with Crippen LogP contribution in [0.4, 0.5) is 0 Å². The van der Waals surface area contributed by atoms with E-state index in [9.17, 15) is 9.59 Å². The maximum atomic E-state index is 11.5. The SMILES string of the molecule is C=C(C)C(=O)NC(CC)C(C)(C)CC(=O)O. The normalized spacial score (nSPS) is 13.0. The standard InChI is InChI=1S/C12H21NO3/c1-6-9(13-11(16)8(2)3)12(4,5)7-10(14)15/h9H,2,6-7H2,1,3-5H3,(H,13,16)(H,14,15).